The zero-order chi connectivity index (χ0) is 37.6. The molecule has 4 nitrogen and oxygen atoms in total. The SMILES string of the molecule is C[C@@H](OCCC(C)(C)C)C1CCC2/C(=C/C=C3C[C@H](O[Si](C)(C)C(C)(C)C)C(C)(O[Si](C)(C)C)[C@H](O[Si](C)(C)C(C)(C)C)C3)CCCC21C. The fraction of sp³-hybridized carbons (Fsp3) is 0.905. The molecule has 3 fully saturated rings. The summed E-state index contributed by atoms with van der Waals surface area (Å²) in [5, 5.41) is 0.233. The van der Waals surface area contributed by atoms with Crippen LogP contribution in [0.3, 0.4) is 0 Å². The molecule has 7 heteroatoms. The Morgan fingerprint density at radius 3 is 1.73 bits per heavy atom. The third kappa shape index (κ3) is 10.6. The monoisotopic (exact) mass is 735 g/mol. The summed E-state index contributed by atoms with van der Waals surface area (Å²) in [7, 11) is -6.13. The lowest BCUT2D eigenvalue weighted by molar-refractivity contribution is -0.122. The molecule has 3 aliphatic carbocycles. The van der Waals surface area contributed by atoms with Crippen LogP contribution >= 0.6 is 0 Å². The smallest absolute Gasteiger partial charge is 0.192 e. The summed E-state index contributed by atoms with van der Waals surface area (Å²) < 4.78 is 28.7. The van der Waals surface area contributed by atoms with Gasteiger partial charge in [-0.15, -0.1) is 0 Å². The van der Waals surface area contributed by atoms with Gasteiger partial charge in [-0.3, -0.25) is 0 Å². The van der Waals surface area contributed by atoms with Gasteiger partial charge in [-0.05, 0) is 144 Å². The molecule has 0 N–H and O–H groups in total. The van der Waals surface area contributed by atoms with E-state index in [1.807, 2.05) is 0 Å². The minimum absolute atomic E-state index is 0.0353. The molecule has 0 bridgehead atoms. The van der Waals surface area contributed by atoms with E-state index in [1.54, 1.807) is 5.57 Å². The molecule has 0 amide bonds. The zero-order valence-corrected chi connectivity index (χ0v) is 39.0. The van der Waals surface area contributed by atoms with Crippen molar-refractivity contribution >= 4 is 25.0 Å². The summed E-state index contributed by atoms with van der Waals surface area (Å²) in [5.74, 6) is 1.28. The highest BCUT2D eigenvalue weighted by Crippen LogP contribution is 2.59. The number of allylic oxidation sites excluding steroid dienone is 3. The molecule has 0 aromatic heterocycles. The molecule has 0 spiro atoms. The Morgan fingerprint density at radius 2 is 1.29 bits per heavy atom. The second kappa shape index (κ2) is 15.0. The number of hydrogen-bond acceptors (Lipinski definition) is 4. The van der Waals surface area contributed by atoms with Gasteiger partial charge < -0.3 is 18.0 Å². The highest BCUT2D eigenvalue weighted by molar-refractivity contribution is 6.74. The van der Waals surface area contributed by atoms with Crippen LogP contribution < -0.4 is 0 Å². The van der Waals surface area contributed by atoms with Gasteiger partial charge in [-0.25, -0.2) is 0 Å². The van der Waals surface area contributed by atoms with Crippen LogP contribution in [0.25, 0.3) is 0 Å². The van der Waals surface area contributed by atoms with Crippen molar-refractivity contribution in [3.8, 4) is 0 Å². The largest absolute Gasteiger partial charge is 0.411 e. The summed E-state index contributed by atoms with van der Waals surface area (Å²) >= 11 is 0. The van der Waals surface area contributed by atoms with E-state index in [2.05, 4.69) is 141 Å². The number of rotatable bonds is 11. The summed E-state index contributed by atoms with van der Waals surface area (Å²) in [4.78, 5) is 0. The van der Waals surface area contributed by atoms with Gasteiger partial charge in [-0.1, -0.05) is 92.5 Å². The second-order valence-electron chi connectivity index (χ2n) is 22.1. The number of ether oxygens (including phenoxy) is 1. The molecule has 4 unspecified atom stereocenters. The normalized spacial score (nSPS) is 33.3. The molecule has 3 saturated carbocycles. The van der Waals surface area contributed by atoms with E-state index in [0.29, 0.717) is 28.8 Å². The Kier molecular flexibility index (Phi) is 13.3. The summed E-state index contributed by atoms with van der Waals surface area (Å²) in [6.07, 6.45) is 14.7. The van der Waals surface area contributed by atoms with Crippen LogP contribution in [0.5, 0.6) is 0 Å². The Hall–Kier alpha value is -0.0294. The van der Waals surface area contributed by atoms with Crippen molar-refractivity contribution in [3.05, 3.63) is 23.3 Å². The second-order valence-corrected chi connectivity index (χ2v) is 36.0. The minimum Gasteiger partial charge on any atom is -0.411 e. The third-order valence-corrected chi connectivity index (χ3v) is 23.6. The van der Waals surface area contributed by atoms with E-state index < -0.39 is 30.6 Å². The molecule has 0 radical (unpaired) electrons. The van der Waals surface area contributed by atoms with E-state index in [4.69, 9.17) is 18.0 Å². The molecule has 286 valence electrons. The average Bonchev–Trinajstić information content (AvgIpc) is 3.24. The minimum atomic E-state index is -2.10. The number of fused-ring (bicyclic) bond motifs is 1. The highest BCUT2D eigenvalue weighted by Gasteiger charge is 2.55. The van der Waals surface area contributed by atoms with Gasteiger partial charge in [0.25, 0.3) is 0 Å². The van der Waals surface area contributed by atoms with E-state index in [1.165, 1.54) is 37.7 Å². The molecule has 3 aliphatic rings. The first-order chi connectivity index (χ1) is 21.9. The van der Waals surface area contributed by atoms with Crippen molar-refractivity contribution in [1.82, 2.24) is 0 Å². The molecule has 0 saturated heterocycles. The fourth-order valence-corrected chi connectivity index (χ4v) is 12.8. The standard InChI is InChI=1S/C42H82O4Si3/c1-31(43-28-27-38(2,3)4)34-24-25-35-33(21-20-26-41(34,35)11)23-22-32-29-36(44-48(16,17)39(5,6)7)42(12,46-47(13,14)15)37(30-32)45-49(18,19)40(8,9)10/h22-23,31,34-37H,20-21,24-30H2,1-19H3/b32-22?,33-23+/t31-,34?,35?,36-,37+,41?,42?/m1/s1. The van der Waals surface area contributed by atoms with Gasteiger partial charge in [0.05, 0.1) is 18.3 Å². The first kappa shape index (κ1) is 43.4. The molecule has 0 aliphatic heterocycles. The van der Waals surface area contributed by atoms with E-state index in [0.717, 1.165) is 25.9 Å². The Morgan fingerprint density at radius 1 is 0.776 bits per heavy atom. The molecular formula is C42H82O4Si3. The van der Waals surface area contributed by atoms with Crippen molar-refractivity contribution in [3.63, 3.8) is 0 Å². The van der Waals surface area contributed by atoms with Crippen LogP contribution in [0.1, 0.15) is 134 Å². The van der Waals surface area contributed by atoms with Crippen molar-refractivity contribution in [2.45, 2.75) is 214 Å². The molecule has 3 rings (SSSR count). The summed E-state index contributed by atoms with van der Waals surface area (Å²) in [6, 6.07) is 0. The lowest BCUT2D eigenvalue weighted by Crippen LogP contribution is -2.65. The molecule has 0 heterocycles. The van der Waals surface area contributed by atoms with Gasteiger partial charge >= 0.3 is 0 Å². The summed E-state index contributed by atoms with van der Waals surface area (Å²) in [6.45, 7) is 45.8. The molecule has 0 aromatic carbocycles. The van der Waals surface area contributed by atoms with Crippen LogP contribution in [-0.2, 0) is 18.0 Å². The fourth-order valence-electron chi connectivity index (χ4n) is 8.42. The average molecular weight is 735 g/mol. The van der Waals surface area contributed by atoms with Gasteiger partial charge in [0.2, 0.25) is 0 Å². The predicted molar refractivity (Wildman–Crippen MR) is 220 cm³/mol. The van der Waals surface area contributed by atoms with Gasteiger partial charge in [0, 0.05) is 6.61 Å². The molecule has 7 atom stereocenters. The maximum atomic E-state index is 7.43. The zero-order valence-electron chi connectivity index (χ0n) is 36.0. The Balaban J connectivity index is 2.00. The lowest BCUT2D eigenvalue weighted by Gasteiger charge is -2.55. The maximum absolute atomic E-state index is 7.43. The van der Waals surface area contributed by atoms with Gasteiger partial charge in [-0.2, -0.15) is 0 Å². The van der Waals surface area contributed by atoms with Crippen LogP contribution in [0, 0.1) is 22.7 Å². The van der Waals surface area contributed by atoms with Crippen molar-refractivity contribution in [1.29, 1.82) is 0 Å². The highest BCUT2D eigenvalue weighted by atomic mass is 28.4. The first-order valence-electron chi connectivity index (χ1n) is 20.0. The van der Waals surface area contributed by atoms with Gasteiger partial charge in [0.1, 0.15) is 5.60 Å². The topological polar surface area (TPSA) is 36.9 Å². The quantitative estimate of drug-likeness (QED) is 0.198. The summed E-state index contributed by atoms with van der Waals surface area (Å²) in [5.41, 5.74) is 3.28. The van der Waals surface area contributed by atoms with Crippen molar-refractivity contribution < 1.29 is 18.0 Å². The van der Waals surface area contributed by atoms with Crippen molar-refractivity contribution in [2.75, 3.05) is 6.61 Å². The first-order valence-corrected chi connectivity index (χ1v) is 29.2. The predicted octanol–water partition coefficient (Wildman–Crippen LogP) is 13.1. The molecule has 49 heavy (non-hydrogen) atoms. The lowest BCUT2D eigenvalue weighted by atomic mass is 9.62. The molecular weight excluding hydrogens is 653 g/mol. The van der Waals surface area contributed by atoms with E-state index in [9.17, 15) is 0 Å². The van der Waals surface area contributed by atoms with Crippen LogP contribution in [0.15, 0.2) is 23.3 Å². The van der Waals surface area contributed by atoms with Crippen molar-refractivity contribution in [2.24, 2.45) is 22.7 Å². The number of hydrogen-bond donors (Lipinski definition) is 0. The van der Waals surface area contributed by atoms with Gasteiger partial charge in [0.15, 0.2) is 25.0 Å². The van der Waals surface area contributed by atoms with E-state index >= 15 is 0 Å². The third-order valence-electron chi connectivity index (χ3n) is 13.6. The van der Waals surface area contributed by atoms with Crippen LogP contribution in [0.2, 0.25) is 55.9 Å². The Bertz CT molecular complexity index is 1140. The maximum Gasteiger partial charge on any atom is 0.192 e. The molecule has 0 aromatic rings. The van der Waals surface area contributed by atoms with E-state index in [-0.39, 0.29) is 22.3 Å². The van der Waals surface area contributed by atoms with Crippen LogP contribution in [0.4, 0.5) is 0 Å². The Labute approximate surface area is 308 Å². The van der Waals surface area contributed by atoms with Crippen LogP contribution in [-0.4, -0.2) is 55.5 Å².